The highest BCUT2D eigenvalue weighted by atomic mass is 35.5. The topological polar surface area (TPSA) is 55.0 Å². The van der Waals surface area contributed by atoms with E-state index in [1.165, 1.54) is 0 Å². The molecular weight excluding hydrogens is 212 g/mol. The first-order chi connectivity index (χ1) is 7.29. The zero-order valence-electron chi connectivity index (χ0n) is 8.56. The van der Waals surface area contributed by atoms with Crippen LogP contribution in [-0.2, 0) is 0 Å². The second-order valence-electron chi connectivity index (χ2n) is 3.87. The molecule has 5 heteroatoms. The number of anilines is 1. The lowest BCUT2D eigenvalue weighted by atomic mass is 9.97. The minimum absolute atomic E-state index is 0.452. The molecule has 0 atom stereocenters. The zero-order valence-corrected chi connectivity index (χ0v) is 9.32. The maximum absolute atomic E-state index is 5.80. The first-order valence-corrected chi connectivity index (χ1v) is 5.60. The van der Waals surface area contributed by atoms with Crippen LogP contribution in [0.25, 0.3) is 0 Å². The number of rotatable bonds is 2. The van der Waals surface area contributed by atoms with E-state index in [4.69, 9.17) is 17.3 Å². The minimum atomic E-state index is 0.452. The second-order valence-corrected chi connectivity index (χ2v) is 4.25. The van der Waals surface area contributed by atoms with Crippen molar-refractivity contribution in [1.29, 1.82) is 0 Å². The van der Waals surface area contributed by atoms with Gasteiger partial charge in [-0.05, 0) is 25.3 Å². The summed E-state index contributed by atoms with van der Waals surface area (Å²) in [7, 11) is 0. The Hall–Kier alpha value is -0.870. The number of aromatic nitrogens is 2. The van der Waals surface area contributed by atoms with Crippen LogP contribution in [0, 0.1) is 5.92 Å². The number of halogens is 1. The molecule has 0 amide bonds. The standard InChI is InChI=1S/C10H15ClN4/c11-9-6-13-7-10(14-9)15-3-1-8(5-12)2-4-15/h6-8H,1-5,12H2. The highest BCUT2D eigenvalue weighted by molar-refractivity contribution is 6.29. The molecule has 1 fully saturated rings. The first-order valence-electron chi connectivity index (χ1n) is 5.22. The SMILES string of the molecule is NCC1CCN(c2cncc(Cl)n2)CC1. The van der Waals surface area contributed by atoms with E-state index in [1.54, 1.807) is 12.4 Å². The number of hydrogen-bond donors (Lipinski definition) is 1. The Morgan fingerprint density at radius 3 is 2.73 bits per heavy atom. The lowest BCUT2D eigenvalue weighted by Crippen LogP contribution is -2.36. The summed E-state index contributed by atoms with van der Waals surface area (Å²) >= 11 is 5.80. The first kappa shape index (κ1) is 10.6. The summed E-state index contributed by atoms with van der Waals surface area (Å²) < 4.78 is 0. The van der Waals surface area contributed by atoms with Crippen LogP contribution in [0.15, 0.2) is 12.4 Å². The largest absolute Gasteiger partial charge is 0.355 e. The molecule has 82 valence electrons. The van der Waals surface area contributed by atoms with E-state index in [0.717, 1.165) is 38.3 Å². The van der Waals surface area contributed by atoms with Crippen molar-refractivity contribution in [3.8, 4) is 0 Å². The van der Waals surface area contributed by atoms with Crippen LogP contribution in [0.4, 0.5) is 5.82 Å². The molecule has 2 N–H and O–H groups in total. The van der Waals surface area contributed by atoms with Gasteiger partial charge in [0.05, 0.1) is 12.4 Å². The van der Waals surface area contributed by atoms with Crippen molar-refractivity contribution in [2.45, 2.75) is 12.8 Å². The monoisotopic (exact) mass is 226 g/mol. The Kier molecular flexibility index (Phi) is 3.38. The molecule has 1 saturated heterocycles. The molecule has 1 aromatic rings. The third-order valence-corrected chi connectivity index (χ3v) is 3.05. The van der Waals surface area contributed by atoms with Crippen molar-refractivity contribution in [1.82, 2.24) is 9.97 Å². The quantitative estimate of drug-likeness (QED) is 0.826. The predicted octanol–water partition coefficient (Wildman–Crippen LogP) is 1.31. The van der Waals surface area contributed by atoms with Crippen LogP contribution in [-0.4, -0.2) is 29.6 Å². The zero-order chi connectivity index (χ0) is 10.7. The van der Waals surface area contributed by atoms with Crippen molar-refractivity contribution in [3.63, 3.8) is 0 Å². The molecule has 2 heterocycles. The molecule has 0 aliphatic carbocycles. The van der Waals surface area contributed by atoms with E-state index in [2.05, 4.69) is 14.9 Å². The Bertz CT molecular complexity index is 323. The Morgan fingerprint density at radius 1 is 1.40 bits per heavy atom. The van der Waals surface area contributed by atoms with Gasteiger partial charge < -0.3 is 10.6 Å². The van der Waals surface area contributed by atoms with Gasteiger partial charge >= 0.3 is 0 Å². The summed E-state index contributed by atoms with van der Waals surface area (Å²) in [6.45, 7) is 2.78. The van der Waals surface area contributed by atoms with Crippen LogP contribution in [0.3, 0.4) is 0 Å². The number of piperidine rings is 1. The van der Waals surface area contributed by atoms with Crippen molar-refractivity contribution in [2.24, 2.45) is 11.7 Å². The third-order valence-electron chi connectivity index (χ3n) is 2.86. The molecule has 4 nitrogen and oxygen atoms in total. The van der Waals surface area contributed by atoms with E-state index < -0.39 is 0 Å². The van der Waals surface area contributed by atoms with Crippen LogP contribution < -0.4 is 10.6 Å². The lowest BCUT2D eigenvalue weighted by Gasteiger charge is -2.31. The van der Waals surface area contributed by atoms with Gasteiger partial charge in [-0.3, -0.25) is 4.98 Å². The van der Waals surface area contributed by atoms with Crippen molar-refractivity contribution in [3.05, 3.63) is 17.5 Å². The van der Waals surface area contributed by atoms with E-state index in [-0.39, 0.29) is 0 Å². The Morgan fingerprint density at radius 2 is 2.13 bits per heavy atom. The molecule has 0 saturated carbocycles. The highest BCUT2D eigenvalue weighted by Gasteiger charge is 2.19. The van der Waals surface area contributed by atoms with Crippen molar-refractivity contribution < 1.29 is 0 Å². The van der Waals surface area contributed by atoms with Gasteiger partial charge in [-0.2, -0.15) is 0 Å². The van der Waals surface area contributed by atoms with Crippen molar-refractivity contribution >= 4 is 17.4 Å². The minimum Gasteiger partial charge on any atom is -0.355 e. The summed E-state index contributed by atoms with van der Waals surface area (Å²) in [5.41, 5.74) is 5.64. The molecule has 0 radical (unpaired) electrons. The summed E-state index contributed by atoms with van der Waals surface area (Å²) in [5.74, 6) is 1.53. The van der Waals surface area contributed by atoms with Gasteiger partial charge in [0.25, 0.3) is 0 Å². The van der Waals surface area contributed by atoms with E-state index >= 15 is 0 Å². The smallest absolute Gasteiger partial charge is 0.149 e. The number of nitrogens with two attached hydrogens (primary N) is 1. The molecule has 0 unspecified atom stereocenters. The fourth-order valence-corrected chi connectivity index (χ4v) is 2.03. The van der Waals surface area contributed by atoms with Crippen LogP contribution >= 0.6 is 11.6 Å². The number of hydrogen-bond acceptors (Lipinski definition) is 4. The van der Waals surface area contributed by atoms with Crippen molar-refractivity contribution in [2.75, 3.05) is 24.5 Å². The lowest BCUT2D eigenvalue weighted by molar-refractivity contribution is 0.413. The molecule has 1 aliphatic rings. The van der Waals surface area contributed by atoms with E-state index in [0.29, 0.717) is 11.1 Å². The van der Waals surface area contributed by atoms with Crippen LogP contribution in [0.1, 0.15) is 12.8 Å². The Labute approximate surface area is 94.5 Å². The highest BCUT2D eigenvalue weighted by Crippen LogP contribution is 2.21. The van der Waals surface area contributed by atoms with Gasteiger partial charge in [0, 0.05) is 13.1 Å². The molecule has 0 spiro atoms. The summed E-state index contributed by atoms with van der Waals surface area (Å²) in [5, 5.41) is 0.452. The van der Waals surface area contributed by atoms with Gasteiger partial charge in [0.1, 0.15) is 11.0 Å². The average Bonchev–Trinajstić information content (AvgIpc) is 2.29. The fraction of sp³-hybridized carbons (Fsp3) is 0.600. The van der Waals surface area contributed by atoms with Crippen LogP contribution in [0.5, 0.6) is 0 Å². The van der Waals surface area contributed by atoms with Gasteiger partial charge in [0.2, 0.25) is 0 Å². The molecule has 1 aromatic heterocycles. The second kappa shape index (κ2) is 4.77. The molecular formula is C10H15ClN4. The van der Waals surface area contributed by atoms with Crippen LogP contribution in [0.2, 0.25) is 5.15 Å². The predicted molar refractivity (Wildman–Crippen MR) is 61.0 cm³/mol. The maximum Gasteiger partial charge on any atom is 0.149 e. The molecule has 0 bridgehead atoms. The normalized spacial score (nSPS) is 18.1. The molecule has 2 rings (SSSR count). The molecule has 0 aromatic carbocycles. The average molecular weight is 227 g/mol. The third kappa shape index (κ3) is 2.58. The van der Waals surface area contributed by atoms with E-state index in [1.807, 2.05) is 0 Å². The fourth-order valence-electron chi connectivity index (χ4n) is 1.88. The summed E-state index contributed by atoms with van der Waals surface area (Å²) in [6.07, 6.45) is 5.57. The van der Waals surface area contributed by atoms with E-state index in [9.17, 15) is 0 Å². The maximum atomic E-state index is 5.80. The molecule has 15 heavy (non-hydrogen) atoms. The van der Waals surface area contributed by atoms with Gasteiger partial charge in [0.15, 0.2) is 0 Å². The summed E-state index contributed by atoms with van der Waals surface area (Å²) in [6, 6.07) is 0. The van der Waals surface area contributed by atoms with Gasteiger partial charge in [-0.15, -0.1) is 0 Å². The van der Waals surface area contributed by atoms with Gasteiger partial charge in [-0.1, -0.05) is 11.6 Å². The molecule has 1 aliphatic heterocycles. The summed E-state index contributed by atoms with van der Waals surface area (Å²) in [4.78, 5) is 10.5. The van der Waals surface area contributed by atoms with Gasteiger partial charge in [-0.25, -0.2) is 4.98 Å². The number of nitrogens with zero attached hydrogens (tertiary/aromatic N) is 3. The Balaban J connectivity index is 2.01.